The first kappa shape index (κ1) is 21.7. The topological polar surface area (TPSA) is 111 Å². The molecule has 0 saturated heterocycles. The molecule has 0 aromatic heterocycles. The van der Waals surface area contributed by atoms with E-state index in [4.69, 9.17) is 16.3 Å². The number of nitro groups is 1. The van der Waals surface area contributed by atoms with Gasteiger partial charge in [-0.05, 0) is 59.7 Å². The minimum absolute atomic E-state index is 0.0366. The van der Waals surface area contributed by atoms with Crippen LogP contribution in [0.25, 0.3) is 0 Å². The highest BCUT2D eigenvalue weighted by molar-refractivity contribution is 6.30. The fourth-order valence-corrected chi connectivity index (χ4v) is 2.64. The van der Waals surface area contributed by atoms with Gasteiger partial charge in [0.25, 0.3) is 5.69 Å². The molecule has 8 nitrogen and oxygen atoms in total. The summed E-state index contributed by atoms with van der Waals surface area (Å²) in [5.41, 5.74) is 4.05. The minimum Gasteiger partial charge on any atom is -0.423 e. The van der Waals surface area contributed by atoms with Crippen molar-refractivity contribution >= 4 is 35.4 Å². The second kappa shape index (κ2) is 10.1. The molecule has 156 valence electrons. The van der Waals surface area contributed by atoms with Crippen LogP contribution in [0, 0.1) is 10.1 Å². The number of esters is 1. The predicted molar refractivity (Wildman–Crippen MR) is 115 cm³/mol. The first-order valence-corrected chi connectivity index (χ1v) is 9.41. The first-order chi connectivity index (χ1) is 14.9. The van der Waals surface area contributed by atoms with E-state index in [2.05, 4.69) is 10.5 Å². The van der Waals surface area contributed by atoms with Crippen molar-refractivity contribution in [1.82, 2.24) is 5.43 Å². The van der Waals surface area contributed by atoms with Crippen molar-refractivity contribution in [3.63, 3.8) is 0 Å². The van der Waals surface area contributed by atoms with Gasteiger partial charge in [-0.3, -0.25) is 14.9 Å². The van der Waals surface area contributed by atoms with E-state index in [0.717, 1.165) is 0 Å². The Hall–Kier alpha value is -4.04. The highest BCUT2D eigenvalue weighted by Gasteiger charge is 2.09. The zero-order valence-electron chi connectivity index (χ0n) is 16.0. The number of halogens is 1. The Bertz CT molecular complexity index is 1110. The summed E-state index contributed by atoms with van der Waals surface area (Å²) >= 11 is 5.80. The van der Waals surface area contributed by atoms with Crippen LogP contribution in [0.2, 0.25) is 5.02 Å². The Morgan fingerprint density at radius 1 is 1.00 bits per heavy atom. The smallest absolute Gasteiger partial charge is 0.343 e. The third-order valence-electron chi connectivity index (χ3n) is 4.09. The van der Waals surface area contributed by atoms with E-state index in [1.165, 1.54) is 30.5 Å². The lowest BCUT2D eigenvalue weighted by Gasteiger charge is -2.05. The van der Waals surface area contributed by atoms with Gasteiger partial charge in [0, 0.05) is 17.2 Å². The molecule has 3 aromatic carbocycles. The van der Waals surface area contributed by atoms with Gasteiger partial charge in [0.05, 0.1) is 23.1 Å². The molecule has 0 heterocycles. The summed E-state index contributed by atoms with van der Waals surface area (Å²) in [6, 6.07) is 18.6. The highest BCUT2D eigenvalue weighted by Crippen LogP contribution is 2.15. The molecule has 0 radical (unpaired) electrons. The number of hydrogen-bond donors (Lipinski definition) is 1. The van der Waals surface area contributed by atoms with Crippen LogP contribution >= 0.6 is 11.6 Å². The van der Waals surface area contributed by atoms with Gasteiger partial charge in [-0.1, -0.05) is 23.7 Å². The third-order valence-corrected chi connectivity index (χ3v) is 4.34. The quantitative estimate of drug-likeness (QED) is 0.196. The van der Waals surface area contributed by atoms with E-state index in [1.54, 1.807) is 48.5 Å². The molecule has 0 bridgehead atoms. The van der Waals surface area contributed by atoms with Gasteiger partial charge in [0.15, 0.2) is 0 Å². The number of amides is 1. The Kier molecular flexibility index (Phi) is 7.08. The van der Waals surface area contributed by atoms with E-state index in [1.807, 2.05) is 0 Å². The number of nitrogens with one attached hydrogen (secondary N) is 1. The standard InChI is InChI=1S/C22H16ClN3O5/c23-18-7-5-17(6-8-18)22(28)31-20-11-3-16(4-12-20)14-24-25-21(27)13-15-1-9-19(10-2-15)26(29)30/h1-12,14H,13H2,(H,25,27). The molecule has 0 spiro atoms. The van der Waals surface area contributed by atoms with Crippen molar-refractivity contribution in [3.05, 3.63) is 105 Å². The maximum atomic E-state index is 12.1. The highest BCUT2D eigenvalue weighted by atomic mass is 35.5. The molecule has 1 N–H and O–H groups in total. The van der Waals surface area contributed by atoms with E-state index < -0.39 is 10.9 Å². The van der Waals surface area contributed by atoms with E-state index >= 15 is 0 Å². The van der Waals surface area contributed by atoms with Crippen LogP contribution in [-0.4, -0.2) is 23.0 Å². The first-order valence-electron chi connectivity index (χ1n) is 9.04. The zero-order chi connectivity index (χ0) is 22.2. The minimum atomic E-state index is -0.503. The summed E-state index contributed by atoms with van der Waals surface area (Å²) in [5.74, 6) is -0.505. The molecule has 0 fully saturated rings. The number of nitrogens with zero attached hydrogens (tertiary/aromatic N) is 2. The van der Waals surface area contributed by atoms with E-state index in [-0.39, 0.29) is 18.0 Å². The monoisotopic (exact) mass is 437 g/mol. The summed E-state index contributed by atoms with van der Waals surface area (Å²) in [4.78, 5) is 34.2. The molecule has 0 aliphatic rings. The van der Waals surface area contributed by atoms with Gasteiger partial charge in [0.2, 0.25) is 5.91 Å². The van der Waals surface area contributed by atoms with Gasteiger partial charge >= 0.3 is 5.97 Å². The summed E-state index contributed by atoms with van der Waals surface area (Å²) in [7, 11) is 0. The molecule has 0 aliphatic carbocycles. The fourth-order valence-electron chi connectivity index (χ4n) is 2.51. The molecule has 3 aromatic rings. The lowest BCUT2D eigenvalue weighted by atomic mass is 10.1. The Labute approximate surface area is 182 Å². The Morgan fingerprint density at radius 3 is 2.26 bits per heavy atom. The van der Waals surface area contributed by atoms with E-state index in [9.17, 15) is 19.7 Å². The zero-order valence-corrected chi connectivity index (χ0v) is 16.8. The van der Waals surface area contributed by atoms with Crippen molar-refractivity contribution in [1.29, 1.82) is 0 Å². The van der Waals surface area contributed by atoms with Crippen LogP contribution in [0.1, 0.15) is 21.5 Å². The van der Waals surface area contributed by atoms with Crippen molar-refractivity contribution in [2.45, 2.75) is 6.42 Å². The average Bonchev–Trinajstić information content (AvgIpc) is 2.76. The SMILES string of the molecule is O=C(Cc1ccc([N+](=O)[O-])cc1)NN=Cc1ccc(OC(=O)c2ccc(Cl)cc2)cc1. The van der Waals surface area contributed by atoms with Crippen LogP contribution in [0.5, 0.6) is 5.75 Å². The molecular weight excluding hydrogens is 422 g/mol. The number of rotatable bonds is 7. The number of non-ortho nitro benzene ring substituents is 1. The van der Waals surface area contributed by atoms with Crippen LogP contribution in [-0.2, 0) is 11.2 Å². The van der Waals surface area contributed by atoms with Crippen molar-refractivity contribution in [2.24, 2.45) is 5.10 Å². The van der Waals surface area contributed by atoms with Crippen LogP contribution < -0.4 is 10.2 Å². The second-order valence-corrected chi connectivity index (χ2v) is 6.80. The van der Waals surface area contributed by atoms with Crippen molar-refractivity contribution < 1.29 is 19.2 Å². The third kappa shape index (κ3) is 6.48. The molecule has 0 atom stereocenters. The lowest BCUT2D eigenvalue weighted by Crippen LogP contribution is -2.19. The van der Waals surface area contributed by atoms with E-state index in [0.29, 0.717) is 27.5 Å². The van der Waals surface area contributed by atoms with Gasteiger partial charge in [0.1, 0.15) is 5.75 Å². The van der Waals surface area contributed by atoms with Gasteiger partial charge in [-0.2, -0.15) is 5.10 Å². The maximum Gasteiger partial charge on any atom is 0.343 e. The Morgan fingerprint density at radius 2 is 1.65 bits per heavy atom. The summed E-state index contributed by atoms with van der Waals surface area (Å²) in [5, 5.41) is 15.0. The van der Waals surface area contributed by atoms with Gasteiger partial charge < -0.3 is 4.74 Å². The van der Waals surface area contributed by atoms with Crippen molar-refractivity contribution in [3.8, 4) is 5.75 Å². The van der Waals surface area contributed by atoms with Crippen LogP contribution in [0.4, 0.5) is 5.69 Å². The van der Waals surface area contributed by atoms with Crippen molar-refractivity contribution in [2.75, 3.05) is 0 Å². The number of ether oxygens (including phenoxy) is 1. The average molecular weight is 438 g/mol. The van der Waals surface area contributed by atoms with Gasteiger partial charge in [-0.25, -0.2) is 10.2 Å². The van der Waals surface area contributed by atoms with Crippen LogP contribution in [0.3, 0.4) is 0 Å². The normalized spacial score (nSPS) is 10.6. The number of benzene rings is 3. The largest absolute Gasteiger partial charge is 0.423 e. The summed E-state index contributed by atoms with van der Waals surface area (Å²) < 4.78 is 5.29. The van der Waals surface area contributed by atoms with Crippen LogP contribution in [0.15, 0.2) is 77.9 Å². The number of hydrazone groups is 1. The molecular formula is C22H16ClN3O5. The molecule has 0 unspecified atom stereocenters. The Balaban J connectivity index is 1.49. The summed E-state index contributed by atoms with van der Waals surface area (Å²) in [6.45, 7) is 0. The number of nitro benzene ring substituents is 1. The molecule has 0 aliphatic heterocycles. The predicted octanol–water partition coefficient (Wildman–Crippen LogP) is 4.16. The summed E-state index contributed by atoms with van der Waals surface area (Å²) in [6.07, 6.45) is 1.48. The van der Waals surface area contributed by atoms with Gasteiger partial charge in [-0.15, -0.1) is 0 Å². The second-order valence-electron chi connectivity index (χ2n) is 6.36. The maximum absolute atomic E-state index is 12.1. The lowest BCUT2D eigenvalue weighted by molar-refractivity contribution is -0.384. The molecule has 0 saturated carbocycles. The number of hydrogen-bond acceptors (Lipinski definition) is 6. The molecule has 3 rings (SSSR count). The molecule has 1 amide bonds. The number of carbonyl (C=O) groups excluding carboxylic acids is 2. The number of carbonyl (C=O) groups is 2. The molecule has 31 heavy (non-hydrogen) atoms. The molecule has 9 heteroatoms. The fraction of sp³-hybridized carbons (Fsp3) is 0.0455.